The molecule has 9 nitrogen and oxygen atoms in total. The van der Waals surface area contributed by atoms with Crippen molar-refractivity contribution in [3.63, 3.8) is 0 Å². The van der Waals surface area contributed by atoms with E-state index in [0.717, 1.165) is 6.54 Å². The topological polar surface area (TPSA) is 161 Å². The lowest BCUT2D eigenvalue weighted by molar-refractivity contribution is -0.144. The number of primary amides is 1. The average Bonchev–Trinajstić information content (AvgIpc) is 2.73. The van der Waals surface area contributed by atoms with E-state index in [1.165, 1.54) is 6.07 Å². The van der Waals surface area contributed by atoms with Gasteiger partial charge >= 0.3 is 0 Å². The Balaban J connectivity index is 1.80. The summed E-state index contributed by atoms with van der Waals surface area (Å²) in [6.07, 6.45) is -0.0194. The van der Waals surface area contributed by atoms with Crippen molar-refractivity contribution in [3.8, 4) is 5.75 Å². The van der Waals surface area contributed by atoms with Crippen molar-refractivity contribution in [2.45, 2.75) is 45.3 Å². The van der Waals surface area contributed by atoms with Crippen LogP contribution < -0.4 is 5.73 Å². The third-order valence-corrected chi connectivity index (χ3v) is 7.66. The molecule has 4 rings (SSSR count). The summed E-state index contributed by atoms with van der Waals surface area (Å²) in [5.41, 5.74) is 2.65. The predicted molar refractivity (Wildman–Crippen MR) is 127 cm³/mol. The number of carbonyl (C=O) groups excluding carboxylic acids is 3. The van der Waals surface area contributed by atoms with E-state index >= 15 is 0 Å². The lowest BCUT2D eigenvalue weighted by atomic mass is 9.60. The second-order valence-electron chi connectivity index (χ2n) is 10.2. The highest BCUT2D eigenvalue weighted by atomic mass is 35.5. The van der Waals surface area contributed by atoms with Crippen molar-refractivity contribution in [1.29, 1.82) is 0 Å². The summed E-state index contributed by atoms with van der Waals surface area (Å²) in [6, 6.07) is 1.42. The van der Waals surface area contributed by atoms with E-state index < -0.39 is 52.0 Å². The number of allylic oxidation sites excluding steroid dienone is 2. The van der Waals surface area contributed by atoms with E-state index in [1.54, 1.807) is 0 Å². The van der Waals surface area contributed by atoms with Gasteiger partial charge in [-0.1, -0.05) is 25.4 Å². The molecule has 188 valence electrons. The lowest BCUT2D eigenvalue weighted by Crippen LogP contribution is -2.57. The monoisotopic (exact) mass is 504 g/mol. The Hall–Kier alpha value is -2.88. The molecular formula is C25H29ClN2O7. The number of halogens is 1. The molecule has 0 saturated heterocycles. The number of nitrogens with zero attached hydrogens (tertiary/aromatic N) is 1. The molecule has 0 aliphatic heterocycles. The molecule has 0 saturated carbocycles. The van der Waals surface area contributed by atoms with Crippen LogP contribution in [0, 0.1) is 17.8 Å². The molecule has 35 heavy (non-hydrogen) atoms. The van der Waals surface area contributed by atoms with Crippen LogP contribution in [0.2, 0.25) is 5.02 Å². The van der Waals surface area contributed by atoms with Gasteiger partial charge in [0.1, 0.15) is 22.8 Å². The number of amides is 1. The maximum atomic E-state index is 13.5. The maximum Gasteiger partial charge on any atom is 0.255 e. The molecule has 3 aliphatic carbocycles. The zero-order valence-corrected chi connectivity index (χ0v) is 20.5. The molecule has 3 unspecified atom stereocenters. The minimum atomic E-state index is -2.57. The van der Waals surface area contributed by atoms with Gasteiger partial charge in [0.25, 0.3) is 5.91 Å². The predicted octanol–water partition coefficient (Wildman–Crippen LogP) is 2.32. The number of aromatic hydroxyl groups is 1. The molecule has 3 aliphatic rings. The number of nitrogens with two attached hydrogens (primary N) is 1. The standard InChI is InChI=1S/C25H29ClN2O7/c1-10(2)8-28(3)9-12-6-15(29)18-14(20(12)26)5-11-4-13-7-16(30)19(24(27)34)23(33)25(13,35)22(32)17(11)21(18)31/h6,10-11,13,29-30,32,35H,4-5,7-9H2,1-3H3,(H2,27,34). The first-order valence-corrected chi connectivity index (χ1v) is 11.9. The molecular weight excluding hydrogens is 476 g/mol. The van der Waals surface area contributed by atoms with E-state index in [4.69, 9.17) is 17.3 Å². The number of hydrogen-bond donors (Lipinski definition) is 5. The highest BCUT2D eigenvalue weighted by Gasteiger charge is 2.59. The van der Waals surface area contributed by atoms with Crippen LogP contribution in [0.15, 0.2) is 28.7 Å². The van der Waals surface area contributed by atoms with Crippen LogP contribution in [-0.4, -0.2) is 62.0 Å². The van der Waals surface area contributed by atoms with E-state index in [1.807, 2.05) is 7.05 Å². The van der Waals surface area contributed by atoms with Gasteiger partial charge < -0.3 is 31.1 Å². The highest BCUT2D eigenvalue weighted by Crippen LogP contribution is 2.52. The van der Waals surface area contributed by atoms with Crippen molar-refractivity contribution in [3.05, 3.63) is 50.4 Å². The van der Waals surface area contributed by atoms with Crippen molar-refractivity contribution in [2.75, 3.05) is 13.6 Å². The Morgan fingerprint density at radius 2 is 1.91 bits per heavy atom. The first-order chi connectivity index (χ1) is 16.3. The maximum absolute atomic E-state index is 13.5. The number of fused-ring (bicyclic) bond motifs is 3. The van der Waals surface area contributed by atoms with Gasteiger partial charge in [-0.25, -0.2) is 0 Å². The fraction of sp³-hybridized carbons (Fsp3) is 0.480. The number of phenols is 1. The summed E-state index contributed by atoms with van der Waals surface area (Å²) in [6.45, 7) is 5.42. The number of hydrogen-bond acceptors (Lipinski definition) is 8. The lowest BCUT2D eigenvalue weighted by Gasteiger charge is -2.45. The van der Waals surface area contributed by atoms with Crippen LogP contribution in [0.4, 0.5) is 0 Å². The molecule has 0 aromatic heterocycles. The quantitative estimate of drug-likeness (QED) is 0.381. The van der Waals surface area contributed by atoms with Crippen molar-refractivity contribution < 1.29 is 34.8 Å². The van der Waals surface area contributed by atoms with Crippen molar-refractivity contribution in [1.82, 2.24) is 4.90 Å². The largest absolute Gasteiger partial charge is 0.511 e. The molecule has 1 aromatic carbocycles. The van der Waals surface area contributed by atoms with Crippen LogP contribution >= 0.6 is 11.6 Å². The second-order valence-corrected chi connectivity index (χ2v) is 10.6. The highest BCUT2D eigenvalue weighted by molar-refractivity contribution is 6.33. The molecule has 10 heteroatoms. The van der Waals surface area contributed by atoms with E-state index in [9.17, 15) is 34.8 Å². The van der Waals surface area contributed by atoms with Crippen LogP contribution in [0.1, 0.15) is 48.2 Å². The Morgan fingerprint density at radius 3 is 2.51 bits per heavy atom. The van der Waals surface area contributed by atoms with E-state index in [0.29, 0.717) is 28.6 Å². The number of rotatable bonds is 5. The van der Waals surface area contributed by atoms with Crippen LogP contribution in [-0.2, 0) is 22.6 Å². The zero-order chi connectivity index (χ0) is 26.0. The summed E-state index contributed by atoms with van der Waals surface area (Å²) in [5.74, 6) is -6.13. The molecule has 0 fully saturated rings. The Kier molecular flexibility index (Phi) is 6.24. The summed E-state index contributed by atoms with van der Waals surface area (Å²) in [7, 11) is 1.93. The van der Waals surface area contributed by atoms with Crippen LogP contribution in [0.3, 0.4) is 0 Å². The molecule has 3 atom stereocenters. The van der Waals surface area contributed by atoms with Gasteiger partial charge in [0, 0.05) is 36.0 Å². The summed E-state index contributed by atoms with van der Waals surface area (Å²) >= 11 is 6.71. The molecule has 0 radical (unpaired) electrons. The first kappa shape index (κ1) is 25.2. The Labute approximate surface area is 207 Å². The molecule has 0 heterocycles. The van der Waals surface area contributed by atoms with Gasteiger partial charge in [0.2, 0.25) is 5.78 Å². The SMILES string of the molecule is CC(C)CN(C)Cc1cc(O)c2c(c1Cl)CC1CC3CC(O)=C(C(N)=O)C(=O)C3(O)C(O)=C1C2=O. The van der Waals surface area contributed by atoms with Gasteiger partial charge in [-0.3, -0.25) is 14.4 Å². The first-order valence-electron chi connectivity index (χ1n) is 11.5. The number of benzene rings is 1. The molecule has 6 N–H and O–H groups in total. The normalized spacial score (nSPS) is 26.3. The fourth-order valence-electron chi connectivity index (χ4n) is 5.82. The number of ketones is 2. The van der Waals surface area contributed by atoms with Crippen LogP contribution in [0.25, 0.3) is 0 Å². The fourth-order valence-corrected chi connectivity index (χ4v) is 6.10. The Bertz CT molecular complexity index is 1220. The van der Waals surface area contributed by atoms with Crippen molar-refractivity contribution in [2.24, 2.45) is 23.5 Å². The van der Waals surface area contributed by atoms with Gasteiger partial charge in [-0.05, 0) is 48.9 Å². The summed E-state index contributed by atoms with van der Waals surface area (Å²) in [5, 5.41) is 43.6. The van der Waals surface area contributed by atoms with Crippen molar-refractivity contribution >= 4 is 29.1 Å². The number of carbonyl (C=O) groups is 3. The number of Topliss-reactive ketones (excluding diaryl/α,β-unsaturated/α-hetero) is 2. The zero-order valence-electron chi connectivity index (χ0n) is 19.8. The Morgan fingerprint density at radius 1 is 1.26 bits per heavy atom. The minimum absolute atomic E-state index is 0.0670. The van der Waals surface area contributed by atoms with Gasteiger partial charge in [-0.15, -0.1) is 0 Å². The summed E-state index contributed by atoms with van der Waals surface area (Å²) < 4.78 is 0. The second kappa shape index (κ2) is 8.65. The minimum Gasteiger partial charge on any atom is -0.511 e. The molecule has 0 spiro atoms. The smallest absolute Gasteiger partial charge is 0.255 e. The van der Waals surface area contributed by atoms with E-state index in [2.05, 4.69) is 18.7 Å². The van der Waals surface area contributed by atoms with Gasteiger partial charge in [0.05, 0.1) is 5.56 Å². The number of aliphatic hydroxyl groups excluding tert-OH is 2. The molecule has 0 bridgehead atoms. The number of aliphatic hydroxyl groups is 3. The third kappa shape index (κ3) is 3.82. The molecule has 1 aromatic rings. The van der Waals surface area contributed by atoms with Crippen LogP contribution in [0.5, 0.6) is 5.75 Å². The third-order valence-electron chi connectivity index (χ3n) is 7.19. The number of phenolic OH excluding ortho intramolecular Hbond substituents is 1. The molecule has 1 amide bonds. The summed E-state index contributed by atoms with van der Waals surface area (Å²) in [4.78, 5) is 40.2. The average molecular weight is 505 g/mol. The van der Waals surface area contributed by atoms with E-state index in [-0.39, 0.29) is 36.1 Å². The van der Waals surface area contributed by atoms with Gasteiger partial charge in [0.15, 0.2) is 11.4 Å². The van der Waals surface area contributed by atoms with Gasteiger partial charge in [-0.2, -0.15) is 0 Å².